The van der Waals surface area contributed by atoms with E-state index in [4.69, 9.17) is 19.9 Å². The molecule has 1 aromatic heterocycles. The summed E-state index contributed by atoms with van der Waals surface area (Å²) in [6.45, 7) is 10.7. The molecule has 1 unspecified atom stereocenters. The number of nitrogens with zero attached hydrogens (tertiary/aromatic N) is 2. The Hall–Kier alpha value is -2.94. The summed E-state index contributed by atoms with van der Waals surface area (Å²) < 4.78 is 16.1. The summed E-state index contributed by atoms with van der Waals surface area (Å²) in [5.41, 5.74) is 9.54. The Balaban J connectivity index is 1.43. The lowest BCUT2D eigenvalue weighted by molar-refractivity contribution is -0.139. The number of likely N-dealkylation sites (tertiary alicyclic amines) is 1. The predicted molar refractivity (Wildman–Crippen MR) is 168 cm³/mol. The van der Waals surface area contributed by atoms with Gasteiger partial charge in [0.1, 0.15) is 6.04 Å². The van der Waals surface area contributed by atoms with E-state index in [1.54, 1.807) is 11.3 Å². The number of ether oxygens (including phenoxy) is 3. The van der Waals surface area contributed by atoms with Crippen LogP contribution < -0.4 is 16.4 Å². The molecule has 0 saturated carbocycles. The lowest BCUT2D eigenvalue weighted by Crippen LogP contribution is -2.54. The largest absolute Gasteiger partial charge is 0.390 e. The highest BCUT2D eigenvalue weighted by atomic mass is 32.1. The number of amides is 3. The maximum Gasteiger partial charge on any atom is 0.245 e. The van der Waals surface area contributed by atoms with E-state index >= 15 is 0 Å². The highest BCUT2D eigenvalue weighted by Crippen LogP contribution is 2.28. The number of carbonyl (C=O) groups excluding carboxylic acids is 3. The highest BCUT2D eigenvalue weighted by Gasteiger charge is 2.43. The number of nitrogens with one attached hydrogen (secondary N) is 2. The quantitative estimate of drug-likeness (QED) is 0.189. The second-order valence-electron chi connectivity index (χ2n) is 11.8. The molecule has 13 heteroatoms. The maximum absolute atomic E-state index is 13.5. The molecule has 1 aliphatic rings. The summed E-state index contributed by atoms with van der Waals surface area (Å²) >= 11 is 1.58. The lowest BCUT2D eigenvalue weighted by Gasteiger charge is -2.33. The first-order chi connectivity index (χ1) is 21.0. The standard InChI is InChI=1S/C31H47N5O7S/c1-21-27(44-20-34-21)23-7-5-22(6-8-23)17-33-29(39)24-18-36(19-25(24)37)30(40)28(31(2,3)4)35-26(38)9-11-41-13-15-43-16-14-42-12-10-32/h5-8,20,24-25,28,37H,9-19,32H2,1-4H3,(H,33,39)(H,35,38)/t24-,25-,28?/m1/s1. The summed E-state index contributed by atoms with van der Waals surface area (Å²) in [5, 5.41) is 16.4. The van der Waals surface area contributed by atoms with Crippen molar-refractivity contribution in [2.24, 2.45) is 17.1 Å². The molecule has 1 aliphatic heterocycles. The number of carbonyl (C=O) groups is 3. The van der Waals surface area contributed by atoms with Gasteiger partial charge < -0.3 is 40.6 Å². The molecule has 0 radical (unpaired) electrons. The number of hydrogen-bond donors (Lipinski definition) is 4. The van der Waals surface area contributed by atoms with Crippen molar-refractivity contribution in [1.29, 1.82) is 0 Å². The summed E-state index contributed by atoms with van der Waals surface area (Å²) in [6, 6.07) is 7.06. The van der Waals surface area contributed by atoms with Gasteiger partial charge in [0.15, 0.2) is 0 Å². The van der Waals surface area contributed by atoms with Crippen molar-refractivity contribution in [2.45, 2.75) is 52.8 Å². The van der Waals surface area contributed by atoms with E-state index in [1.807, 2.05) is 57.5 Å². The molecule has 12 nitrogen and oxygen atoms in total. The maximum atomic E-state index is 13.5. The van der Waals surface area contributed by atoms with Crippen molar-refractivity contribution in [2.75, 3.05) is 59.3 Å². The zero-order valence-corrected chi connectivity index (χ0v) is 27.0. The topological polar surface area (TPSA) is 165 Å². The summed E-state index contributed by atoms with van der Waals surface area (Å²) in [6.07, 6.45) is -0.924. The Bertz CT molecular complexity index is 1200. The van der Waals surface area contributed by atoms with Gasteiger partial charge in [-0.2, -0.15) is 0 Å². The van der Waals surface area contributed by atoms with Gasteiger partial charge in [0.2, 0.25) is 17.7 Å². The van der Waals surface area contributed by atoms with Crippen LogP contribution in [0.25, 0.3) is 10.4 Å². The van der Waals surface area contributed by atoms with Crippen LogP contribution in [-0.2, 0) is 35.1 Å². The van der Waals surface area contributed by atoms with Gasteiger partial charge in [-0.3, -0.25) is 14.4 Å². The number of aliphatic hydroxyl groups excluding tert-OH is 1. The Morgan fingerprint density at radius 3 is 2.27 bits per heavy atom. The molecular formula is C31H47N5O7S. The van der Waals surface area contributed by atoms with Gasteiger partial charge in [-0.05, 0) is 23.5 Å². The lowest BCUT2D eigenvalue weighted by atomic mass is 9.85. The fraction of sp³-hybridized carbons (Fsp3) is 0.613. The molecule has 2 aromatic rings. The first kappa shape index (κ1) is 35.5. The number of nitrogens with two attached hydrogens (primary N) is 1. The highest BCUT2D eigenvalue weighted by molar-refractivity contribution is 7.13. The SMILES string of the molecule is Cc1ncsc1-c1ccc(CNC(=O)[C@@H]2CN(C(=O)C(NC(=O)CCOCCOCCOCCN)C(C)(C)C)C[C@H]2O)cc1. The third-order valence-electron chi connectivity index (χ3n) is 7.26. The molecule has 1 aromatic carbocycles. The van der Waals surface area contributed by atoms with Gasteiger partial charge in [-0.25, -0.2) is 4.98 Å². The van der Waals surface area contributed by atoms with Crippen molar-refractivity contribution < 1.29 is 33.7 Å². The number of benzene rings is 1. The number of hydrogen-bond acceptors (Lipinski definition) is 10. The van der Waals surface area contributed by atoms with Crippen LogP contribution in [0.15, 0.2) is 29.8 Å². The second kappa shape index (κ2) is 17.5. The van der Waals surface area contributed by atoms with Crippen LogP contribution in [0.5, 0.6) is 0 Å². The van der Waals surface area contributed by atoms with Gasteiger partial charge in [-0.1, -0.05) is 45.0 Å². The predicted octanol–water partition coefficient (Wildman–Crippen LogP) is 1.48. The van der Waals surface area contributed by atoms with Crippen LogP contribution in [0.1, 0.15) is 38.4 Å². The summed E-state index contributed by atoms with van der Waals surface area (Å²) in [4.78, 5) is 46.0. The van der Waals surface area contributed by atoms with Crippen LogP contribution in [0.4, 0.5) is 0 Å². The molecule has 44 heavy (non-hydrogen) atoms. The molecule has 3 rings (SSSR count). The number of rotatable bonds is 17. The Kier molecular flexibility index (Phi) is 14.2. The zero-order chi connectivity index (χ0) is 32.1. The average molecular weight is 634 g/mol. The minimum atomic E-state index is -1.00. The molecule has 0 spiro atoms. The van der Waals surface area contributed by atoms with E-state index in [1.165, 1.54) is 4.90 Å². The van der Waals surface area contributed by atoms with Crippen LogP contribution in [0.3, 0.4) is 0 Å². The smallest absolute Gasteiger partial charge is 0.245 e. The van der Waals surface area contributed by atoms with Crippen LogP contribution in [0, 0.1) is 18.3 Å². The fourth-order valence-corrected chi connectivity index (χ4v) is 5.56. The Labute approximate surface area is 263 Å². The number of β-amino-alcohol motifs (C(OH)–C–C–N with tert-alkyl or cyclic N) is 1. The monoisotopic (exact) mass is 633 g/mol. The van der Waals surface area contributed by atoms with Gasteiger partial charge >= 0.3 is 0 Å². The number of aliphatic hydroxyl groups is 1. The van der Waals surface area contributed by atoms with Gasteiger partial charge in [0.05, 0.1) is 67.7 Å². The Morgan fingerprint density at radius 1 is 1.05 bits per heavy atom. The number of thiazole rings is 1. The second-order valence-corrected chi connectivity index (χ2v) is 12.7. The van der Waals surface area contributed by atoms with Crippen molar-refractivity contribution >= 4 is 29.1 Å². The number of aryl methyl sites for hydroxylation is 1. The van der Waals surface area contributed by atoms with Crippen molar-refractivity contribution in [3.05, 3.63) is 41.0 Å². The first-order valence-corrected chi connectivity index (χ1v) is 15.9. The van der Waals surface area contributed by atoms with E-state index in [0.717, 1.165) is 21.7 Å². The fourth-order valence-electron chi connectivity index (χ4n) is 4.75. The van der Waals surface area contributed by atoms with Crippen molar-refractivity contribution in [3.8, 4) is 10.4 Å². The molecule has 0 bridgehead atoms. The Morgan fingerprint density at radius 2 is 1.68 bits per heavy atom. The summed E-state index contributed by atoms with van der Waals surface area (Å²) in [7, 11) is 0. The molecule has 1 saturated heterocycles. The minimum absolute atomic E-state index is 0.0165. The van der Waals surface area contributed by atoms with Gasteiger partial charge in [0, 0.05) is 32.6 Å². The van der Waals surface area contributed by atoms with E-state index in [9.17, 15) is 19.5 Å². The van der Waals surface area contributed by atoms with Crippen LogP contribution in [0.2, 0.25) is 0 Å². The average Bonchev–Trinajstić information content (AvgIpc) is 3.60. The third-order valence-corrected chi connectivity index (χ3v) is 8.24. The zero-order valence-electron chi connectivity index (χ0n) is 26.2. The van der Waals surface area contributed by atoms with E-state index in [0.29, 0.717) is 46.1 Å². The molecule has 5 N–H and O–H groups in total. The molecule has 244 valence electrons. The van der Waals surface area contributed by atoms with Crippen LogP contribution in [-0.4, -0.2) is 104 Å². The minimum Gasteiger partial charge on any atom is -0.390 e. The third kappa shape index (κ3) is 10.9. The van der Waals surface area contributed by atoms with Gasteiger partial charge in [-0.15, -0.1) is 11.3 Å². The number of aromatic nitrogens is 1. The van der Waals surface area contributed by atoms with E-state index in [2.05, 4.69) is 15.6 Å². The van der Waals surface area contributed by atoms with Crippen LogP contribution >= 0.6 is 11.3 Å². The molecule has 1 fully saturated rings. The molecule has 3 atom stereocenters. The molecular weight excluding hydrogens is 586 g/mol. The van der Waals surface area contributed by atoms with E-state index < -0.39 is 23.5 Å². The summed E-state index contributed by atoms with van der Waals surface area (Å²) in [5.74, 6) is -1.74. The van der Waals surface area contributed by atoms with Crippen molar-refractivity contribution in [3.63, 3.8) is 0 Å². The van der Waals surface area contributed by atoms with Gasteiger partial charge in [0.25, 0.3) is 0 Å². The normalized spacial score (nSPS) is 17.5. The molecule has 3 amide bonds. The first-order valence-electron chi connectivity index (χ1n) is 15.0. The van der Waals surface area contributed by atoms with E-state index in [-0.39, 0.29) is 43.8 Å². The molecule has 2 heterocycles. The van der Waals surface area contributed by atoms with Crippen molar-refractivity contribution in [1.82, 2.24) is 20.5 Å². The molecule has 0 aliphatic carbocycles.